The molecule has 2 amide bonds. The second kappa shape index (κ2) is 5.52. The Morgan fingerprint density at radius 1 is 1.40 bits per heavy atom. The van der Waals surface area contributed by atoms with Crippen LogP contribution in [-0.4, -0.2) is 66.1 Å². The number of aliphatic hydroxyl groups excluding tert-OH is 1. The van der Waals surface area contributed by atoms with Crippen LogP contribution in [0.2, 0.25) is 0 Å². The quantitative estimate of drug-likeness (QED) is 0.534. The number of nitrogens with one attached hydrogen (secondary N) is 1. The van der Waals surface area contributed by atoms with E-state index in [9.17, 15) is 14.7 Å². The normalized spacial score (nSPS) is 18.3. The Hall–Kier alpha value is -1.34. The second-order valence-electron chi connectivity index (χ2n) is 3.14. The van der Waals surface area contributed by atoms with Gasteiger partial charge in [0.1, 0.15) is 6.10 Å². The van der Waals surface area contributed by atoms with Crippen molar-refractivity contribution in [3.8, 4) is 0 Å². The fraction of sp³-hybridized carbons (Fsp3) is 0.750. The molecule has 1 fully saturated rings. The summed E-state index contributed by atoms with van der Waals surface area (Å²) in [5.41, 5.74) is 0. The Morgan fingerprint density at radius 2 is 2.00 bits per heavy atom. The molecule has 1 atom stereocenters. The number of carbonyl (C=O) groups excluding carboxylic acids is 1. The molecule has 15 heavy (non-hydrogen) atoms. The minimum absolute atomic E-state index is 0.286. The van der Waals surface area contributed by atoms with Gasteiger partial charge in [-0.15, -0.1) is 0 Å². The molecule has 1 saturated heterocycles. The summed E-state index contributed by atoms with van der Waals surface area (Å²) in [5.74, 6) is -0.466. The van der Waals surface area contributed by atoms with E-state index in [1.54, 1.807) is 0 Å². The molecule has 0 bridgehead atoms. The van der Waals surface area contributed by atoms with E-state index in [0.717, 1.165) is 0 Å². The molecule has 7 nitrogen and oxygen atoms in total. The van der Waals surface area contributed by atoms with Crippen LogP contribution in [0.15, 0.2) is 0 Å². The number of nitrogens with zero attached hydrogens (tertiary/aromatic N) is 1. The summed E-state index contributed by atoms with van der Waals surface area (Å²) >= 11 is 0. The second-order valence-corrected chi connectivity index (χ2v) is 3.14. The Kier molecular flexibility index (Phi) is 4.32. The van der Waals surface area contributed by atoms with Crippen molar-refractivity contribution in [2.45, 2.75) is 6.10 Å². The molecule has 0 radical (unpaired) electrons. The largest absolute Gasteiger partial charge is 0.465 e. The molecule has 0 aromatic carbocycles. The summed E-state index contributed by atoms with van der Waals surface area (Å²) in [6, 6.07) is 0. The van der Waals surface area contributed by atoms with Crippen LogP contribution in [0.25, 0.3) is 0 Å². The van der Waals surface area contributed by atoms with E-state index in [0.29, 0.717) is 26.3 Å². The molecule has 3 N–H and O–H groups in total. The Balaban J connectivity index is 2.33. The first-order chi connectivity index (χ1) is 7.11. The molecule has 0 aromatic rings. The van der Waals surface area contributed by atoms with Crippen LogP contribution in [0, 0.1) is 0 Å². The van der Waals surface area contributed by atoms with Crippen molar-refractivity contribution in [2.24, 2.45) is 0 Å². The highest BCUT2D eigenvalue weighted by Crippen LogP contribution is 2.00. The van der Waals surface area contributed by atoms with Crippen LogP contribution in [0.3, 0.4) is 0 Å². The van der Waals surface area contributed by atoms with Gasteiger partial charge in [-0.25, -0.2) is 4.79 Å². The van der Waals surface area contributed by atoms with Gasteiger partial charge in [0.25, 0.3) is 5.91 Å². The maximum Gasteiger partial charge on any atom is 0.404 e. The highest BCUT2D eigenvalue weighted by Gasteiger charge is 2.23. The zero-order valence-corrected chi connectivity index (χ0v) is 8.18. The number of hydrogen-bond acceptors (Lipinski definition) is 4. The van der Waals surface area contributed by atoms with Gasteiger partial charge in [-0.3, -0.25) is 4.79 Å². The average molecular weight is 218 g/mol. The van der Waals surface area contributed by atoms with E-state index in [1.807, 2.05) is 5.32 Å². The predicted molar refractivity (Wildman–Crippen MR) is 49.4 cm³/mol. The first-order valence-electron chi connectivity index (χ1n) is 4.62. The third-order valence-corrected chi connectivity index (χ3v) is 2.05. The van der Waals surface area contributed by atoms with Crippen molar-refractivity contribution in [2.75, 3.05) is 32.8 Å². The van der Waals surface area contributed by atoms with Gasteiger partial charge in [0.05, 0.1) is 19.8 Å². The number of carboxylic acid groups (broad SMARTS) is 1. The smallest absolute Gasteiger partial charge is 0.404 e. The van der Waals surface area contributed by atoms with Crippen molar-refractivity contribution >= 4 is 12.0 Å². The van der Waals surface area contributed by atoms with Crippen molar-refractivity contribution in [3.05, 3.63) is 0 Å². The molecule has 7 heteroatoms. The molecule has 1 rings (SSSR count). The molecule has 1 aliphatic heterocycles. The summed E-state index contributed by atoms with van der Waals surface area (Å²) in [6.45, 7) is 1.48. The molecule has 1 heterocycles. The van der Waals surface area contributed by atoms with E-state index in [-0.39, 0.29) is 6.54 Å². The Labute approximate surface area is 86.6 Å². The van der Waals surface area contributed by atoms with E-state index in [1.165, 1.54) is 4.90 Å². The van der Waals surface area contributed by atoms with Gasteiger partial charge >= 0.3 is 6.09 Å². The lowest BCUT2D eigenvalue weighted by molar-refractivity contribution is -0.143. The minimum Gasteiger partial charge on any atom is -0.465 e. The van der Waals surface area contributed by atoms with E-state index < -0.39 is 18.1 Å². The summed E-state index contributed by atoms with van der Waals surface area (Å²) in [4.78, 5) is 23.1. The zero-order chi connectivity index (χ0) is 11.3. The maximum absolute atomic E-state index is 11.5. The number of carbonyl (C=O) groups is 2. The number of hydrogen-bond donors (Lipinski definition) is 3. The van der Waals surface area contributed by atoms with Crippen molar-refractivity contribution in [3.63, 3.8) is 0 Å². The zero-order valence-electron chi connectivity index (χ0n) is 8.18. The highest BCUT2D eigenvalue weighted by molar-refractivity contribution is 5.81. The van der Waals surface area contributed by atoms with Gasteiger partial charge in [-0.2, -0.15) is 0 Å². The van der Waals surface area contributed by atoms with Crippen LogP contribution >= 0.6 is 0 Å². The van der Waals surface area contributed by atoms with E-state index >= 15 is 0 Å². The number of morpholine rings is 1. The van der Waals surface area contributed by atoms with Crippen LogP contribution in [-0.2, 0) is 9.53 Å². The average Bonchev–Trinajstić information content (AvgIpc) is 2.26. The molecule has 86 valence electrons. The van der Waals surface area contributed by atoms with Crippen LogP contribution in [0.1, 0.15) is 0 Å². The van der Waals surface area contributed by atoms with Gasteiger partial charge < -0.3 is 25.2 Å². The third-order valence-electron chi connectivity index (χ3n) is 2.05. The van der Waals surface area contributed by atoms with Crippen LogP contribution < -0.4 is 5.32 Å². The third kappa shape index (κ3) is 3.72. The lowest BCUT2D eigenvalue weighted by Gasteiger charge is -2.28. The molecule has 1 aliphatic rings. The SMILES string of the molecule is O=C(O)NCC(O)C(=O)N1CCOCC1. The van der Waals surface area contributed by atoms with Gasteiger partial charge in [-0.05, 0) is 0 Å². The lowest BCUT2D eigenvalue weighted by Crippen LogP contribution is -2.48. The first-order valence-corrected chi connectivity index (χ1v) is 4.62. The molecule has 1 unspecified atom stereocenters. The van der Waals surface area contributed by atoms with Crippen molar-refractivity contribution in [1.82, 2.24) is 10.2 Å². The maximum atomic E-state index is 11.5. The highest BCUT2D eigenvalue weighted by atomic mass is 16.5. The molecule has 0 aromatic heterocycles. The standard InChI is InChI=1S/C8H14N2O5/c11-6(5-9-8(13)14)7(12)10-1-3-15-4-2-10/h6,9,11H,1-5H2,(H,13,14). The molecule has 0 aliphatic carbocycles. The summed E-state index contributed by atoms with van der Waals surface area (Å²) in [5, 5.41) is 19.6. The number of rotatable bonds is 3. The molecular weight excluding hydrogens is 204 g/mol. The van der Waals surface area contributed by atoms with Gasteiger partial charge in [-0.1, -0.05) is 0 Å². The van der Waals surface area contributed by atoms with E-state index in [4.69, 9.17) is 9.84 Å². The Morgan fingerprint density at radius 3 is 2.53 bits per heavy atom. The fourth-order valence-corrected chi connectivity index (χ4v) is 1.27. The summed E-state index contributed by atoms with van der Waals surface area (Å²) in [7, 11) is 0. The van der Waals surface area contributed by atoms with Crippen LogP contribution in [0.4, 0.5) is 4.79 Å². The van der Waals surface area contributed by atoms with Crippen molar-refractivity contribution < 1.29 is 24.5 Å². The van der Waals surface area contributed by atoms with Gasteiger partial charge in [0, 0.05) is 13.1 Å². The Bertz CT molecular complexity index is 239. The van der Waals surface area contributed by atoms with Gasteiger partial charge in [0.15, 0.2) is 0 Å². The minimum atomic E-state index is -1.32. The predicted octanol–water partition coefficient (Wildman–Crippen LogP) is -1.53. The number of ether oxygens (including phenoxy) is 1. The molecule has 0 spiro atoms. The van der Waals surface area contributed by atoms with Crippen molar-refractivity contribution in [1.29, 1.82) is 0 Å². The lowest BCUT2D eigenvalue weighted by atomic mass is 10.3. The summed E-state index contributed by atoms with van der Waals surface area (Å²) in [6.07, 6.45) is -2.58. The topological polar surface area (TPSA) is 99.1 Å². The van der Waals surface area contributed by atoms with Gasteiger partial charge in [0.2, 0.25) is 0 Å². The number of amides is 2. The molecular formula is C8H14N2O5. The summed E-state index contributed by atoms with van der Waals surface area (Å²) < 4.78 is 5.04. The van der Waals surface area contributed by atoms with Crippen LogP contribution in [0.5, 0.6) is 0 Å². The van der Waals surface area contributed by atoms with E-state index in [2.05, 4.69) is 0 Å². The monoisotopic (exact) mass is 218 g/mol. The number of aliphatic hydroxyl groups is 1. The molecule has 0 saturated carbocycles. The first kappa shape index (κ1) is 11.7. The fourth-order valence-electron chi connectivity index (χ4n) is 1.27.